The molecule has 202 valence electrons. The van der Waals surface area contributed by atoms with E-state index in [1.807, 2.05) is 81.4 Å². The van der Waals surface area contributed by atoms with E-state index in [1.54, 1.807) is 42.5 Å². The first kappa shape index (κ1) is 28.4. The molecule has 0 bridgehead atoms. The number of carbonyl (C=O) groups excluding carboxylic acids is 3. The number of nitrogens with one attached hydrogen (secondary N) is 3. The van der Waals surface area contributed by atoms with E-state index in [1.165, 1.54) is 11.8 Å². The fourth-order valence-electron chi connectivity index (χ4n) is 4.04. The van der Waals surface area contributed by atoms with Crippen molar-refractivity contribution >= 4 is 46.9 Å². The molecule has 0 aromatic heterocycles. The van der Waals surface area contributed by atoms with Crippen LogP contribution in [-0.2, 0) is 9.59 Å². The topological polar surface area (TPSA) is 87.3 Å². The van der Waals surface area contributed by atoms with Crippen LogP contribution < -0.4 is 16.0 Å². The van der Waals surface area contributed by atoms with Gasteiger partial charge >= 0.3 is 0 Å². The minimum Gasteiger partial charge on any atom is -0.325 e. The van der Waals surface area contributed by atoms with Gasteiger partial charge in [-0.2, -0.15) is 0 Å². The maximum atomic E-state index is 13.2. The molecular weight excluding hydrogens is 518 g/mol. The van der Waals surface area contributed by atoms with Gasteiger partial charge in [-0.3, -0.25) is 14.4 Å². The molecular formula is C33H31N3O3S. The van der Waals surface area contributed by atoms with Gasteiger partial charge in [-0.1, -0.05) is 66.2 Å². The Balaban J connectivity index is 1.41. The van der Waals surface area contributed by atoms with Crippen LogP contribution in [0.5, 0.6) is 0 Å². The lowest BCUT2D eigenvalue weighted by Gasteiger charge is -2.12. The number of anilines is 2. The van der Waals surface area contributed by atoms with Crippen molar-refractivity contribution in [3.8, 4) is 0 Å². The maximum Gasteiger partial charge on any atom is 0.272 e. The number of carbonyl (C=O) groups is 3. The predicted molar refractivity (Wildman–Crippen MR) is 163 cm³/mol. The van der Waals surface area contributed by atoms with Gasteiger partial charge in [0.15, 0.2) is 0 Å². The molecule has 6 nitrogen and oxygen atoms in total. The lowest BCUT2D eigenvalue weighted by molar-refractivity contribution is -0.114. The Morgan fingerprint density at radius 1 is 0.750 bits per heavy atom. The zero-order valence-electron chi connectivity index (χ0n) is 22.7. The standard InChI is InChI=1S/C33H31N3O3S/c1-22-9-7-12-25(19-22)20-29(35-32(38)26-13-5-4-6-14-26)33(39)34-27-15-17-28(18-16-27)40-21-30(37)36-31-23(2)10-8-11-24(31)3/h4-20H,21H2,1-3H3,(H,34,39)(H,35,38)(H,36,37)/b29-20-. The summed E-state index contributed by atoms with van der Waals surface area (Å²) in [6, 6.07) is 29.6. The second-order valence-electron chi connectivity index (χ2n) is 9.37. The molecule has 4 aromatic carbocycles. The van der Waals surface area contributed by atoms with Gasteiger partial charge in [0.25, 0.3) is 11.8 Å². The summed E-state index contributed by atoms with van der Waals surface area (Å²) >= 11 is 1.41. The summed E-state index contributed by atoms with van der Waals surface area (Å²) < 4.78 is 0. The molecule has 0 spiro atoms. The third-order valence-corrected chi connectivity index (χ3v) is 7.12. The van der Waals surface area contributed by atoms with Gasteiger partial charge in [0.2, 0.25) is 5.91 Å². The summed E-state index contributed by atoms with van der Waals surface area (Å²) in [5, 5.41) is 8.61. The Labute approximate surface area is 238 Å². The Hall–Kier alpha value is -4.62. The summed E-state index contributed by atoms with van der Waals surface area (Å²) in [7, 11) is 0. The molecule has 0 radical (unpaired) electrons. The summed E-state index contributed by atoms with van der Waals surface area (Å²) in [6.45, 7) is 5.90. The number of amides is 3. The van der Waals surface area contributed by atoms with Gasteiger partial charge in [-0.25, -0.2) is 0 Å². The highest BCUT2D eigenvalue weighted by Gasteiger charge is 2.15. The summed E-state index contributed by atoms with van der Waals surface area (Å²) in [4.78, 5) is 39.5. The van der Waals surface area contributed by atoms with Crippen LogP contribution in [0.3, 0.4) is 0 Å². The molecule has 0 aliphatic heterocycles. The van der Waals surface area contributed by atoms with E-state index < -0.39 is 5.91 Å². The SMILES string of the molecule is Cc1cccc(/C=C(\NC(=O)c2ccccc2)C(=O)Nc2ccc(SCC(=O)Nc3c(C)cccc3C)cc2)c1. The maximum absolute atomic E-state index is 13.2. The van der Waals surface area contributed by atoms with Crippen molar-refractivity contribution in [2.24, 2.45) is 0 Å². The lowest BCUT2D eigenvalue weighted by Crippen LogP contribution is -2.30. The number of aryl methyl sites for hydroxylation is 3. The van der Waals surface area contributed by atoms with Gasteiger partial charge in [-0.15, -0.1) is 11.8 Å². The fraction of sp³-hybridized carbons (Fsp3) is 0.121. The average molecular weight is 550 g/mol. The zero-order valence-corrected chi connectivity index (χ0v) is 23.5. The molecule has 7 heteroatoms. The van der Waals surface area contributed by atoms with Crippen LogP contribution in [-0.4, -0.2) is 23.5 Å². The van der Waals surface area contributed by atoms with E-state index in [-0.39, 0.29) is 23.3 Å². The lowest BCUT2D eigenvalue weighted by atomic mass is 10.1. The van der Waals surface area contributed by atoms with Crippen LogP contribution in [0.1, 0.15) is 32.6 Å². The summed E-state index contributed by atoms with van der Waals surface area (Å²) in [5.74, 6) is -0.645. The Kier molecular flexibility index (Phi) is 9.54. The normalized spacial score (nSPS) is 11.0. The van der Waals surface area contributed by atoms with Crippen molar-refractivity contribution in [1.82, 2.24) is 5.32 Å². The zero-order chi connectivity index (χ0) is 28.5. The number of para-hydroxylation sites is 1. The Bertz CT molecular complexity index is 1530. The molecule has 3 amide bonds. The first-order valence-electron chi connectivity index (χ1n) is 12.8. The predicted octanol–water partition coefficient (Wildman–Crippen LogP) is 6.75. The molecule has 0 saturated carbocycles. The minimum absolute atomic E-state index is 0.0835. The summed E-state index contributed by atoms with van der Waals surface area (Å²) in [5.41, 5.74) is 5.87. The molecule has 0 aliphatic rings. The van der Waals surface area contributed by atoms with Crippen LogP contribution in [0, 0.1) is 20.8 Å². The third kappa shape index (κ3) is 7.94. The number of hydrogen-bond acceptors (Lipinski definition) is 4. The van der Waals surface area contributed by atoms with Gasteiger partial charge in [0.1, 0.15) is 5.70 Å². The first-order chi connectivity index (χ1) is 19.3. The Morgan fingerprint density at radius 2 is 1.43 bits per heavy atom. The molecule has 0 fully saturated rings. The van der Waals surface area contributed by atoms with Crippen LogP contribution in [0.2, 0.25) is 0 Å². The van der Waals surface area contributed by atoms with Crippen LogP contribution >= 0.6 is 11.8 Å². The average Bonchev–Trinajstić information content (AvgIpc) is 2.95. The van der Waals surface area contributed by atoms with Crippen LogP contribution in [0.4, 0.5) is 11.4 Å². The van der Waals surface area contributed by atoms with Crippen molar-refractivity contribution < 1.29 is 14.4 Å². The summed E-state index contributed by atoms with van der Waals surface area (Å²) in [6.07, 6.45) is 1.65. The van der Waals surface area contributed by atoms with Gasteiger partial charge in [0.05, 0.1) is 5.75 Å². The highest BCUT2D eigenvalue weighted by atomic mass is 32.2. The number of benzene rings is 4. The molecule has 0 saturated heterocycles. The second-order valence-corrected chi connectivity index (χ2v) is 10.4. The minimum atomic E-state index is -0.445. The van der Waals surface area contributed by atoms with E-state index in [2.05, 4.69) is 16.0 Å². The smallest absolute Gasteiger partial charge is 0.272 e. The molecule has 3 N–H and O–H groups in total. The molecule has 0 heterocycles. The molecule has 40 heavy (non-hydrogen) atoms. The molecule has 4 rings (SSSR count). The monoisotopic (exact) mass is 549 g/mol. The van der Waals surface area contributed by atoms with Crippen molar-refractivity contribution in [2.45, 2.75) is 25.7 Å². The van der Waals surface area contributed by atoms with Crippen molar-refractivity contribution in [3.63, 3.8) is 0 Å². The van der Waals surface area contributed by atoms with E-state index in [0.717, 1.165) is 32.8 Å². The number of thioether (sulfide) groups is 1. The van der Waals surface area contributed by atoms with Crippen molar-refractivity contribution in [1.29, 1.82) is 0 Å². The first-order valence-corrected chi connectivity index (χ1v) is 13.8. The molecule has 0 unspecified atom stereocenters. The van der Waals surface area contributed by atoms with E-state index in [0.29, 0.717) is 11.3 Å². The van der Waals surface area contributed by atoms with Gasteiger partial charge < -0.3 is 16.0 Å². The molecule has 0 aliphatic carbocycles. The van der Waals surface area contributed by atoms with Gasteiger partial charge in [-0.05, 0) is 79.9 Å². The molecule has 0 atom stereocenters. The number of hydrogen-bond donors (Lipinski definition) is 3. The number of rotatable bonds is 9. The third-order valence-electron chi connectivity index (χ3n) is 6.11. The quantitative estimate of drug-likeness (QED) is 0.159. The van der Waals surface area contributed by atoms with Crippen molar-refractivity contribution in [3.05, 3.63) is 131 Å². The molecule has 4 aromatic rings. The van der Waals surface area contributed by atoms with Crippen LogP contribution in [0.15, 0.2) is 108 Å². The largest absolute Gasteiger partial charge is 0.325 e. The van der Waals surface area contributed by atoms with E-state index in [4.69, 9.17) is 0 Å². The second kappa shape index (κ2) is 13.4. The fourth-order valence-corrected chi connectivity index (χ4v) is 4.74. The van der Waals surface area contributed by atoms with Gasteiger partial charge in [0, 0.05) is 21.8 Å². The van der Waals surface area contributed by atoms with E-state index >= 15 is 0 Å². The highest BCUT2D eigenvalue weighted by molar-refractivity contribution is 8.00. The Morgan fingerprint density at radius 3 is 2.10 bits per heavy atom. The van der Waals surface area contributed by atoms with E-state index in [9.17, 15) is 14.4 Å². The highest BCUT2D eigenvalue weighted by Crippen LogP contribution is 2.23. The van der Waals surface area contributed by atoms with Crippen molar-refractivity contribution in [2.75, 3.05) is 16.4 Å². The van der Waals surface area contributed by atoms with Crippen LogP contribution in [0.25, 0.3) is 6.08 Å².